The fourth-order valence-electron chi connectivity index (χ4n) is 4.92. The molecule has 4 aromatic rings. The largest absolute Gasteiger partial charge is 0.494 e. The summed E-state index contributed by atoms with van der Waals surface area (Å²) in [7, 11) is 0. The molecule has 2 atom stereocenters. The maximum Gasteiger partial charge on any atom is 0.252 e. The molecule has 1 heterocycles. The van der Waals surface area contributed by atoms with Gasteiger partial charge in [-0.15, -0.1) is 6.58 Å². The smallest absolute Gasteiger partial charge is 0.252 e. The van der Waals surface area contributed by atoms with Crippen molar-refractivity contribution in [1.29, 1.82) is 0 Å². The Morgan fingerprint density at radius 3 is 2.52 bits per heavy atom. The van der Waals surface area contributed by atoms with Crippen LogP contribution in [0.15, 0.2) is 125 Å². The third-order valence-electron chi connectivity index (χ3n) is 7.11. The first-order valence-corrected chi connectivity index (χ1v) is 15.8. The third kappa shape index (κ3) is 7.30. The number of carbonyl (C=O) groups is 1. The molecule has 0 radical (unpaired) electrons. The molecule has 0 bridgehead atoms. The van der Waals surface area contributed by atoms with Gasteiger partial charge in [0.2, 0.25) is 5.90 Å². The topological polar surface area (TPSA) is 80.2 Å². The lowest BCUT2D eigenvalue weighted by Crippen LogP contribution is -2.47. The highest BCUT2D eigenvalue weighted by Crippen LogP contribution is 2.45. The van der Waals surface area contributed by atoms with Gasteiger partial charge >= 0.3 is 0 Å². The fourth-order valence-corrected chi connectivity index (χ4v) is 6.39. The van der Waals surface area contributed by atoms with Gasteiger partial charge in [-0.25, -0.2) is 4.99 Å². The van der Waals surface area contributed by atoms with E-state index < -0.39 is 11.6 Å². The first kappa shape index (κ1) is 31.7. The molecule has 5 rings (SSSR count). The van der Waals surface area contributed by atoms with Gasteiger partial charge in [0.15, 0.2) is 11.6 Å². The van der Waals surface area contributed by atoms with Crippen molar-refractivity contribution in [2.75, 3.05) is 13.2 Å². The molecule has 1 aliphatic heterocycles. The summed E-state index contributed by atoms with van der Waals surface area (Å²) in [6.07, 6.45) is 1.57. The average Bonchev–Trinajstić information content (AvgIpc) is 3.42. The summed E-state index contributed by atoms with van der Waals surface area (Å²) in [4.78, 5) is 21.4. The molecule has 0 unspecified atom stereocenters. The van der Waals surface area contributed by atoms with Gasteiger partial charge in [0.1, 0.15) is 5.75 Å². The van der Waals surface area contributed by atoms with Crippen molar-refractivity contribution in [1.82, 2.24) is 5.32 Å². The monoisotopic (exact) mass is 646 g/mol. The Kier molecular flexibility index (Phi) is 10.7. The number of ether oxygens (including phenoxy) is 2. The molecule has 1 aliphatic rings. The van der Waals surface area contributed by atoms with Crippen LogP contribution in [0, 0.1) is 0 Å². The van der Waals surface area contributed by atoms with E-state index in [1.54, 1.807) is 48.2 Å². The Labute approximate surface area is 271 Å². The lowest BCUT2D eigenvalue weighted by Gasteiger charge is -2.30. The highest BCUT2D eigenvalue weighted by Gasteiger charge is 2.53. The van der Waals surface area contributed by atoms with Crippen molar-refractivity contribution in [3.8, 4) is 5.75 Å². The normalized spacial score (nSPS) is 17.4. The molecule has 0 aliphatic carbocycles. The van der Waals surface area contributed by atoms with E-state index in [2.05, 4.69) is 24.0 Å². The molecule has 4 aromatic carbocycles. The molecule has 6 nitrogen and oxygen atoms in total. The second-order valence-corrected chi connectivity index (χ2v) is 12.1. The van der Waals surface area contributed by atoms with Crippen LogP contribution in [0.1, 0.15) is 35.6 Å². The van der Waals surface area contributed by atoms with Crippen molar-refractivity contribution in [2.24, 2.45) is 4.99 Å². The predicted octanol–water partition coefficient (Wildman–Crippen LogP) is 8.06. The van der Waals surface area contributed by atoms with E-state index in [-0.39, 0.29) is 18.9 Å². The highest BCUT2D eigenvalue weighted by molar-refractivity contribution is 7.99. The number of nitrogens with one attached hydrogen (secondary N) is 1. The van der Waals surface area contributed by atoms with Gasteiger partial charge in [-0.3, -0.25) is 4.79 Å². The van der Waals surface area contributed by atoms with Crippen LogP contribution >= 0.6 is 35.0 Å². The summed E-state index contributed by atoms with van der Waals surface area (Å²) < 4.78 is 12.1. The minimum atomic E-state index is -1.38. The van der Waals surface area contributed by atoms with Crippen molar-refractivity contribution >= 4 is 46.8 Å². The van der Waals surface area contributed by atoms with E-state index in [0.29, 0.717) is 52.4 Å². The highest BCUT2D eigenvalue weighted by atomic mass is 35.5. The molecule has 2 N–H and O–H groups in total. The van der Waals surface area contributed by atoms with Crippen molar-refractivity contribution in [2.45, 2.75) is 40.8 Å². The summed E-state index contributed by atoms with van der Waals surface area (Å²) in [5.41, 5.74) is 0.866. The van der Waals surface area contributed by atoms with E-state index in [1.165, 1.54) is 0 Å². The Balaban J connectivity index is 1.46. The maximum absolute atomic E-state index is 14.3. The lowest BCUT2D eigenvalue weighted by atomic mass is 9.84. The average molecular weight is 648 g/mol. The van der Waals surface area contributed by atoms with Gasteiger partial charge in [-0.05, 0) is 60.2 Å². The molecule has 0 spiro atoms. The van der Waals surface area contributed by atoms with Gasteiger partial charge < -0.3 is 19.9 Å². The molecule has 0 saturated heterocycles. The molecular weight excluding hydrogens is 615 g/mol. The number of halogens is 2. The summed E-state index contributed by atoms with van der Waals surface area (Å²) in [5.74, 6) is 0.645. The van der Waals surface area contributed by atoms with Gasteiger partial charge in [0.05, 0.1) is 6.61 Å². The lowest BCUT2D eigenvalue weighted by molar-refractivity contribution is -0.129. The maximum atomic E-state index is 14.3. The Morgan fingerprint density at radius 2 is 1.80 bits per heavy atom. The number of aliphatic imine (C=N–C) groups is 1. The van der Waals surface area contributed by atoms with Crippen LogP contribution in [0.25, 0.3) is 0 Å². The predicted molar refractivity (Wildman–Crippen MR) is 177 cm³/mol. The fraction of sp³-hybridized carbons (Fsp3) is 0.200. The van der Waals surface area contributed by atoms with Crippen LogP contribution in [0.3, 0.4) is 0 Å². The van der Waals surface area contributed by atoms with Crippen LogP contribution in [0.4, 0.5) is 0 Å². The summed E-state index contributed by atoms with van der Waals surface area (Å²) in [6.45, 7) is 4.70. The molecule has 9 heteroatoms. The second-order valence-electron chi connectivity index (χ2n) is 10.2. The van der Waals surface area contributed by atoms with E-state index >= 15 is 0 Å². The molecule has 44 heavy (non-hydrogen) atoms. The number of amides is 1. The molecule has 0 fully saturated rings. The molecule has 226 valence electrons. The van der Waals surface area contributed by atoms with Gasteiger partial charge in [-0.2, -0.15) is 0 Å². The Morgan fingerprint density at radius 1 is 1.05 bits per heavy atom. The third-order valence-corrected chi connectivity index (χ3v) is 8.80. The van der Waals surface area contributed by atoms with Crippen LogP contribution in [0.2, 0.25) is 10.0 Å². The van der Waals surface area contributed by atoms with Crippen LogP contribution < -0.4 is 10.1 Å². The van der Waals surface area contributed by atoms with E-state index in [9.17, 15) is 4.79 Å². The number of benzene rings is 4. The van der Waals surface area contributed by atoms with Crippen LogP contribution in [-0.4, -0.2) is 35.7 Å². The van der Waals surface area contributed by atoms with Gasteiger partial charge in [0, 0.05) is 57.0 Å². The molecular formula is C35H32Cl2N2O4S. The second kappa shape index (κ2) is 14.8. The van der Waals surface area contributed by atoms with Gasteiger partial charge in [-0.1, -0.05) is 83.5 Å². The minimum Gasteiger partial charge on any atom is -0.494 e. The summed E-state index contributed by atoms with van der Waals surface area (Å²) >= 11 is 14.5. The molecule has 0 saturated carbocycles. The Hall–Kier alpha value is -3.75. The first-order valence-electron chi connectivity index (χ1n) is 14.2. The zero-order valence-electron chi connectivity index (χ0n) is 23.9. The number of hydrogen-bond acceptors (Lipinski definition) is 6. The van der Waals surface area contributed by atoms with E-state index in [1.807, 2.05) is 54.6 Å². The number of aliphatic hydroxyl groups excluding tert-OH is 1. The number of nitrogens with zero attached hydrogens (tertiary/aromatic N) is 1. The zero-order valence-corrected chi connectivity index (χ0v) is 26.2. The van der Waals surface area contributed by atoms with Gasteiger partial charge in [0.25, 0.3) is 5.91 Å². The first-order chi connectivity index (χ1) is 21.4. The van der Waals surface area contributed by atoms with Crippen LogP contribution in [-0.2, 0) is 16.1 Å². The SMILES string of the molecule is C=CC[C@@]1(C(=O)NCc2ccccc2Sc2ccccc2)N=C(c2ccc(OCCCO)cc2)O[C@@H]1c1ccc(Cl)cc1Cl. The number of rotatable bonds is 13. The quantitative estimate of drug-likeness (QED) is 0.113. The van der Waals surface area contributed by atoms with Crippen molar-refractivity contribution in [3.63, 3.8) is 0 Å². The Bertz CT molecular complexity index is 1630. The van der Waals surface area contributed by atoms with E-state index in [0.717, 1.165) is 15.4 Å². The van der Waals surface area contributed by atoms with Crippen LogP contribution in [0.5, 0.6) is 5.75 Å². The minimum absolute atomic E-state index is 0.0578. The summed E-state index contributed by atoms with van der Waals surface area (Å²) in [6, 6.07) is 30.5. The number of carbonyl (C=O) groups excluding carboxylic acids is 1. The van der Waals surface area contributed by atoms with E-state index in [4.69, 9.17) is 42.8 Å². The molecule has 1 amide bonds. The summed E-state index contributed by atoms with van der Waals surface area (Å²) in [5, 5.41) is 13.0. The number of hydrogen-bond donors (Lipinski definition) is 2. The van der Waals surface area contributed by atoms with Crippen molar-refractivity contribution in [3.05, 3.63) is 136 Å². The van der Waals surface area contributed by atoms with Crippen molar-refractivity contribution < 1.29 is 19.4 Å². The zero-order chi connectivity index (χ0) is 30.9. The number of aliphatic hydroxyl groups is 1. The standard InChI is InChI=1S/C35H32Cl2N2O4S/c1-2-19-35(34(41)38-23-25-9-6-7-12-31(25)44-28-10-4-3-5-11-28)32(29-18-15-26(36)22-30(29)37)43-33(39-35)24-13-16-27(17-14-24)42-21-8-20-40/h2-7,9-18,22,32,40H,1,8,19-21,23H2,(H,38,41)/t32-,35-/m1/s1. The molecule has 0 aromatic heterocycles.